The van der Waals surface area contributed by atoms with E-state index in [2.05, 4.69) is 0 Å². The molecule has 118 valence electrons. The lowest BCUT2D eigenvalue weighted by atomic mass is 10.0. The number of hydrogen-bond donors (Lipinski definition) is 1. The third-order valence-corrected chi connectivity index (χ3v) is 4.04. The summed E-state index contributed by atoms with van der Waals surface area (Å²) in [6.45, 7) is 1.32. The predicted octanol–water partition coefficient (Wildman–Crippen LogP) is 2.65. The quantitative estimate of drug-likeness (QED) is 0.922. The molecule has 6 heteroatoms. The Kier molecular flexibility index (Phi) is 7.29. The highest BCUT2D eigenvalue weighted by Crippen LogP contribution is 2.25. The minimum absolute atomic E-state index is 0. The monoisotopic (exact) mass is 332 g/mol. The summed E-state index contributed by atoms with van der Waals surface area (Å²) >= 11 is 6.00. The highest BCUT2D eigenvalue weighted by Gasteiger charge is 2.26. The van der Waals surface area contributed by atoms with Crippen molar-refractivity contribution in [2.24, 2.45) is 5.73 Å². The molecule has 2 N–H and O–H groups in total. The highest BCUT2D eigenvalue weighted by atomic mass is 35.5. The van der Waals surface area contributed by atoms with Gasteiger partial charge in [0.1, 0.15) is 5.75 Å². The van der Waals surface area contributed by atoms with E-state index >= 15 is 0 Å². The highest BCUT2D eigenvalue weighted by molar-refractivity contribution is 6.30. The van der Waals surface area contributed by atoms with E-state index in [1.807, 2.05) is 4.90 Å². The maximum atomic E-state index is 12.5. The number of nitrogens with zero attached hydrogens (tertiary/aromatic N) is 1. The van der Waals surface area contributed by atoms with Gasteiger partial charge in [0.05, 0.1) is 13.5 Å². The predicted molar refractivity (Wildman–Crippen MR) is 87.4 cm³/mol. The molecular formula is C15H22Cl2N2O2. The average Bonchev–Trinajstić information content (AvgIpc) is 2.47. The van der Waals surface area contributed by atoms with Crippen LogP contribution in [0.3, 0.4) is 0 Å². The first-order valence-electron chi connectivity index (χ1n) is 6.97. The van der Waals surface area contributed by atoms with Gasteiger partial charge in [0.2, 0.25) is 5.91 Å². The molecule has 1 saturated heterocycles. The van der Waals surface area contributed by atoms with Crippen molar-refractivity contribution < 1.29 is 9.53 Å². The van der Waals surface area contributed by atoms with Crippen molar-refractivity contribution in [1.29, 1.82) is 0 Å². The largest absolute Gasteiger partial charge is 0.496 e. The van der Waals surface area contributed by atoms with Gasteiger partial charge < -0.3 is 15.4 Å². The number of ether oxygens (including phenoxy) is 1. The van der Waals surface area contributed by atoms with Crippen molar-refractivity contribution in [3.05, 3.63) is 28.8 Å². The summed E-state index contributed by atoms with van der Waals surface area (Å²) in [5.74, 6) is 0.796. The molecule has 1 unspecified atom stereocenters. The number of likely N-dealkylation sites (tertiary alicyclic amines) is 1. The number of carbonyl (C=O) groups excluding carboxylic acids is 1. The number of benzene rings is 1. The second-order valence-electron chi connectivity index (χ2n) is 5.11. The Morgan fingerprint density at radius 3 is 2.90 bits per heavy atom. The summed E-state index contributed by atoms with van der Waals surface area (Å²) in [4.78, 5) is 14.4. The van der Waals surface area contributed by atoms with Gasteiger partial charge in [-0.25, -0.2) is 0 Å². The summed E-state index contributed by atoms with van der Waals surface area (Å²) in [6, 6.07) is 5.51. The summed E-state index contributed by atoms with van der Waals surface area (Å²) in [7, 11) is 1.60. The van der Waals surface area contributed by atoms with Gasteiger partial charge in [-0.15, -0.1) is 12.4 Å². The van der Waals surface area contributed by atoms with Gasteiger partial charge in [0.25, 0.3) is 0 Å². The number of carbonyl (C=O) groups is 1. The molecule has 0 saturated carbocycles. The van der Waals surface area contributed by atoms with Crippen molar-refractivity contribution in [1.82, 2.24) is 4.90 Å². The zero-order valence-electron chi connectivity index (χ0n) is 12.2. The van der Waals surface area contributed by atoms with Crippen molar-refractivity contribution in [2.75, 3.05) is 20.2 Å². The topological polar surface area (TPSA) is 55.6 Å². The van der Waals surface area contributed by atoms with Gasteiger partial charge in [0, 0.05) is 29.7 Å². The minimum atomic E-state index is 0. The fourth-order valence-electron chi connectivity index (χ4n) is 2.72. The van der Waals surface area contributed by atoms with Crippen molar-refractivity contribution >= 4 is 29.9 Å². The SMILES string of the molecule is COc1ccc(Cl)cc1CC(=O)N1CCCCC1CN.Cl. The zero-order chi connectivity index (χ0) is 14.5. The number of rotatable bonds is 4. The summed E-state index contributed by atoms with van der Waals surface area (Å²) in [6.07, 6.45) is 3.50. The molecule has 0 bridgehead atoms. The number of methoxy groups -OCH3 is 1. The molecule has 1 atom stereocenters. The molecule has 21 heavy (non-hydrogen) atoms. The first-order chi connectivity index (χ1) is 9.65. The number of nitrogens with two attached hydrogens (primary N) is 1. The van der Waals surface area contributed by atoms with Crippen LogP contribution >= 0.6 is 24.0 Å². The molecule has 1 aromatic carbocycles. The van der Waals surface area contributed by atoms with Gasteiger partial charge in [-0.3, -0.25) is 4.79 Å². The van der Waals surface area contributed by atoms with E-state index in [1.54, 1.807) is 25.3 Å². The summed E-state index contributed by atoms with van der Waals surface area (Å²) < 4.78 is 5.29. The van der Waals surface area contributed by atoms with Crippen molar-refractivity contribution in [2.45, 2.75) is 31.7 Å². The summed E-state index contributed by atoms with van der Waals surface area (Å²) in [5.41, 5.74) is 6.59. The standard InChI is InChI=1S/C15H21ClN2O2.ClH/c1-20-14-6-5-12(16)8-11(14)9-15(19)18-7-3-2-4-13(18)10-17;/h5-6,8,13H,2-4,7,9-10,17H2,1H3;1H. The van der Waals surface area contributed by atoms with Crippen LogP contribution in [-0.4, -0.2) is 37.0 Å². The molecule has 4 nitrogen and oxygen atoms in total. The van der Waals surface area contributed by atoms with E-state index in [-0.39, 0.29) is 24.4 Å². The van der Waals surface area contributed by atoms with E-state index in [9.17, 15) is 4.79 Å². The second-order valence-corrected chi connectivity index (χ2v) is 5.54. The lowest BCUT2D eigenvalue weighted by Crippen LogP contribution is -2.48. The molecular weight excluding hydrogens is 311 g/mol. The molecule has 1 aromatic rings. The van der Waals surface area contributed by atoms with Crippen LogP contribution in [-0.2, 0) is 11.2 Å². The molecule has 0 aliphatic carbocycles. The maximum Gasteiger partial charge on any atom is 0.227 e. The van der Waals surface area contributed by atoms with Crippen LogP contribution < -0.4 is 10.5 Å². The Hall–Kier alpha value is -0.970. The summed E-state index contributed by atoms with van der Waals surface area (Å²) in [5, 5.41) is 0.614. The molecule has 1 aliphatic rings. The second kappa shape index (κ2) is 8.47. The van der Waals surface area contributed by atoms with Gasteiger partial charge in [-0.2, -0.15) is 0 Å². The Bertz CT molecular complexity index is 483. The molecule has 0 radical (unpaired) electrons. The van der Waals surface area contributed by atoms with Crippen LogP contribution in [0.4, 0.5) is 0 Å². The fourth-order valence-corrected chi connectivity index (χ4v) is 2.92. The number of hydrogen-bond acceptors (Lipinski definition) is 3. The third-order valence-electron chi connectivity index (χ3n) is 3.80. The van der Waals surface area contributed by atoms with Gasteiger partial charge in [0.15, 0.2) is 0 Å². The average molecular weight is 333 g/mol. The number of amides is 1. The van der Waals surface area contributed by atoms with Crippen LogP contribution in [0.2, 0.25) is 5.02 Å². The first-order valence-corrected chi connectivity index (χ1v) is 7.35. The molecule has 2 rings (SSSR count). The lowest BCUT2D eigenvalue weighted by Gasteiger charge is -2.35. The van der Waals surface area contributed by atoms with Crippen LogP contribution in [0.1, 0.15) is 24.8 Å². The Morgan fingerprint density at radius 2 is 2.24 bits per heavy atom. The first kappa shape index (κ1) is 18.1. The van der Waals surface area contributed by atoms with Crippen LogP contribution in [0, 0.1) is 0 Å². The minimum Gasteiger partial charge on any atom is -0.496 e. The Labute approximate surface area is 137 Å². The molecule has 1 amide bonds. The van der Waals surface area contributed by atoms with Crippen molar-refractivity contribution in [3.63, 3.8) is 0 Å². The molecule has 0 spiro atoms. The van der Waals surface area contributed by atoms with Crippen LogP contribution in [0.5, 0.6) is 5.75 Å². The molecule has 1 heterocycles. The van der Waals surface area contributed by atoms with Crippen LogP contribution in [0.25, 0.3) is 0 Å². The zero-order valence-corrected chi connectivity index (χ0v) is 13.8. The van der Waals surface area contributed by atoms with Gasteiger partial charge >= 0.3 is 0 Å². The third kappa shape index (κ3) is 4.50. The normalized spacial score (nSPS) is 18.0. The molecule has 1 aliphatic heterocycles. The number of halogens is 2. The van der Waals surface area contributed by atoms with Crippen molar-refractivity contribution in [3.8, 4) is 5.75 Å². The van der Waals surface area contributed by atoms with E-state index in [4.69, 9.17) is 22.1 Å². The van der Waals surface area contributed by atoms with E-state index in [0.717, 1.165) is 31.4 Å². The van der Waals surface area contributed by atoms with E-state index < -0.39 is 0 Å². The molecule has 0 aromatic heterocycles. The number of piperidine rings is 1. The van der Waals surface area contributed by atoms with Gasteiger partial charge in [-0.1, -0.05) is 11.6 Å². The fraction of sp³-hybridized carbons (Fsp3) is 0.533. The Morgan fingerprint density at radius 1 is 1.48 bits per heavy atom. The van der Waals surface area contributed by atoms with Gasteiger partial charge in [-0.05, 0) is 37.5 Å². The lowest BCUT2D eigenvalue weighted by molar-refractivity contribution is -0.133. The van der Waals surface area contributed by atoms with E-state index in [0.29, 0.717) is 23.7 Å². The molecule has 1 fully saturated rings. The van der Waals surface area contributed by atoms with E-state index in [1.165, 1.54) is 0 Å². The van der Waals surface area contributed by atoms with Crippen LogP contribution in [0.15, 0.2) is 18.2 Å². The smallest absolute Gasteiger partial charge is 0.227 e. The Balaban J connectivity index is 0.00000220. The maximum absolute atomic E-state index is 12.5.